The fraction of sp³-hybridized carbons (Fsp3) is 0.444. The summed E-state index contributed by atoms with van der Waals surface area (Å²) in [6.45, 7) is 0.864. The lowest BCUT2D eigenvalue weighted by Gasteiger charge is -2.17. The van der Waals surface area contributed by atoms with E-state index in [4.69, 9.17) is 9.47 Å². The maximum Gasteiger partial charge on any atom is 0.340 e. The number of hydrogen-bond acceptors (Lipinski definition) is 4. The van der Waals surface area contributed by atoms with Gasteiger partial charge in [0.05, 0.1) is 14.2 Å². The highest BCUT2D eigenvalue weighted by atomic mass is 16.5. The topological polar surface area (TPSA) is 73.6 Å². The fourth-order valence-electron chi connectivity index (χ4n) is 3.50. The average Bonchev–Trinajstić information content (AvgIpc) is 3.25. The highest BCUT2D eigenvalue weighted by molar-refractivity contribution is 5.99. The Morgan fingerprint density at radius 1 is 1.29 bits per heavy atom. The molecule has 3 rings (SSSR count). The number of rotatable bonds is 6. The van der Waals surface area contributed by atoms with Crippen molar-refractivity contribution >= 4 is 5.97 Å². The van der Waals surface area contributed by atoms with E-state index in [0.717, 1.165) is 6.54 Å². The normalized spacial score (nSPS) is 14.8. The van der Waals surface area contributed by atoms with Crippen molar-refractivity contribution in [3.8, 4) is 22.9 Å². The minimum atomic E-state index is -1.06. The van der Waals surface area contributed by atoms with Crippen LogP contribution in [-0.4, -0.2) is 34.8 Å². The van der Waals surface area contributed by atoms with Gasteiger partial charge in [-0.15, -0.1) is 0 Å². The Bertz CT molecular complexity index is 733. The van der Waals surface area contributed by atoms with Gasteiger partial charge >= 0.3 is 5.97 Å². The molecule has 24 heavy (non-hydrogen) atoms. The van der Waals surface area contributed by atoms with E-state index >= 15 is 0 Å². The van der Waals surface area contributed by atoms with Crippen molar-refractivity contribution in [3.63, 3.8) is 0 Å². The van der Waals surface area contributed by atoms with Crippen molar-refractivity contribution in [3.05, 3.63) is 30.1 Å². The number of carboxylic acid groups (broad SMARTS) is 1. The highest BCUT2D eigenvalue weighted by Crippen LogP contribution is 2.38. The Labute approximate surface area is 141 Å². The first-order valence-electron chi connectivity index (χ1n) is 8.15. The molecule has 1 aromatic heterocycles. The minimum absolute atomic E-state index is 0.0794. The first-order valence-corrected chi connectivity index (χ1v) is 8.15. The van der Waals surface area contributed by atoms with Gasteiger partial charge in [-0.3, -0.25) is 0 Å². The first-order chi connectivity index (χ1) is 11.7. The molecule has 128 valence electrons. The Morgan fingerprint density at radius 3 is 2.67 bits per heavy atom. The number of carboxylic acids is 1. The average molecular weight is 330 g/mol. The van der Waals surface area contributed by atoms with E-state index in [1.165, 1.54) is 39.9 Å². The summed E-state index contributed by atoms with van der Waals surface area (Å²) in [5.74, 6) is 0.841. The van der Waals surface area contributed by atoms with Crippen LogP contribution in [0.15, 0.2) is 24.5 Å². The molecule has 0 amide bonds. The Kier molecular flexibility index (Phi) is 4.74. The zero-order valence-corrected chi connectivity index (χ0v) is 14.0. The summed E-state index contributed by atoms with van der Waals surface area (Å²) in [6.07, 6.45) is 8.60. The van der Waals surface area contributed by atoms with E-state index in [1.54, 1.807) is 18.3 Å². The molecule has 6 heteroatoms. The number of aromatic nitrogens is 2. The number of aromatic carboxylic acids is 1. The number of hydrogen-bond donors (Lipinski definition) is 1. The molecule has 1 fully saturated rings. The van der Waals surface area contributed by atoms with Crippen LogP contribution >= 0.6 is 0 Å². The van der Waals surface area contributed by atoms with Crippen LogP contribution in [0.25, 0.3) is 11.4 Å². The molecular formula is C18H22N2O4. The molecule has 0 aliphatic heterocycles. The van der Waals surface area contributed by atoms with Crippen LogP contribution in [0.5, 0.6) is 11.5 Å². The maximum atomic E-state index is 11.8. The van der Waals surface area contributed by atoms with Crippen LogP contribution in [0.2, 0.25) is 0 Å². The summed E-state index contributed by atoms with van der Waals surface area (Å²) in [4.78, 5) is 16.3. The number of benzene rings is 1. The number of ether oxygens (including phenoxy) is 2. The van der Waals surface area contributed by atoms with Crippen molar-refractivity contribution in [2.24, 2.45) is 5.92 Å². The van der Waals surface area contributed by atoms with Crippen LogP contribution < -0.4 is 9.47 Å². The van der Waals surface area contributed by atoms with E-state index in [0.29, 0.717) is 23.1 Å². The highest BCUT2D eigenvalue weighted by Gasteiger charge is 2.25. The Hall–Kier alpha value is -2.50. The second kappa shape index (κ2) is 6.95. The second-order valence-corrected chi connectivity index (χ2v) is 6.08. The zero-order chi connectivity index (χ0) is 17.1. The predicted molar refractivity (Wildman–Crippen MR) is 89.7 cm³/mol. The largest absolute Gasteiger partial charge is 0.493 e. The van der Waals surface area contributed by atoms with Gasteiger partial charge in [0.2, 0.25) is 0 Å². The molecule has 1 N–H and O–H groups in total. The lowest BCUT2D eigenvalue weighted by atomic mass is 10.0. The fourth-order valence-corrected chi connectivity index (χ4v) is 3.50. The molecular weight excluding hydrogens is 308 g/mol. The lowest BCUT2D eigenvalue weighted by Crippen LogP contribution is -2.11. The van der Waals surface area contributed by atoms with Gasteiger partial charge in [0.25, 0.3) is 0 Å². The molecule has 1 saturated carbocycles. The molecule has 0 bridgehead atoms. The number of nitrogens with zero attached hydrogens (tertiary/aromatic N) is 2. The van der Waals surface area contributed by atoms with Crippen molar-refractivity contribution in [2.75, 3.05) is 14.2 Å². The summed E-state index contributed by atoms with van der Waals surface area (Å²) < 4.78 is 12.6. The van der Waals surface area contributed by atoms with Gasteiger partial charge in [-0.1, -0.05) is 12.8 Å². The van der Waals surface area contributed by atoms with Crippen LogP contribution in [0, 0.1) is 5.92 Å². The van der Waals surface area contributed by atoms with Gasteiger partial charge in [0.1, 0.15) is 11.4 Å². The third-order valence-corrected chi connectivity index (χ3v) is 4.65. The van der Waals surface area contributed by atoms with Crippen LogP contribution in [0.3, 0.4) is 0 Å². The summed E-state index contributed by atoms with van der Waals surface area (Å²) in [7, 11) is 2.93. The summed E-state index contributed by atoms with van der Waals surface area (Å²) in [5.41, 5.74) is 0.624. The molecule has 0 unspecified atom stereocenters. The molecule has 1 heterocycles. The molecule has 0 spiro atoms. The predicted octanol–water partition coefficient (Wildman–Crippen LogP) is 3.46. The molecule has 0 atom stereocenters. The van der Waals surface area contributed by atoms with Gasteiger partial charge in [0, 0.05) is 24.5 Å². The van der Waals surface area contributed by atoms with Crippen molar-refractivity contribution < 1.29 is 19.4 Å². The molecule has 1 aromatic carbocycles. The van der Waals surface area contributed by atoms with Gasteiger partial charge < -0.3 is 19.1 Å². The smallest absolute Gasteiger partial charge is 0.340 e. The van der Waals surface area contributed by atoms with E-state index in [2.05, 4.69) is 4.98 Å². The molecule has 0 radical (unpaired) electrons. The number of methoxy groups -OCH3 is 2. The molecule has 6 nitrogen and oxygen atoms in total. The first kappa shape index (κ1) is 16.4. The third kappa shape index (κ3) is 2.96. The summed E-state index contributed by atoms with van der Waals surface area (Å²) in [5, 5.41) is 9.70. The number of carbonyl (C=O) groups is 1. The Morgan fingerprint density at radius 2 is 2.04 bits per heavy atom. The lowest BCUT2D eigenvalue weighted by molar-refractivity contribution is 0.0693. The SMILES string of the molecule is COc1ccc(-c2nccn2CC2CCCC2)c(C(=O)O)c1OC. The molecule has 2 aromatic rings. The maximum absolute atomic E-state index is 11.8. The van der Waals surface area contributed by atoms with Crippen molar-refractivity contribution in [1.29, 1.82) is 0 Å². The van der Waals surface area contributed by atoms with E-state index < -0.39 is 5.97 Å². The zero-order valence-electron chi connectivity index (χ0n) is 14.0. The molecule has 1 aliphatic rings. The number of imidazole rings is 1. The van der Waals surface area contributed by atoms with Crippen LogP contribution in [0.1, 0.15) is 36.0 Å². The molecule has 1 aliphatic carbocycles. The van der Waals surface area contributed by atoms with Crippen LogP contribution in [-0.2, 0) is 6.54 Å². The minimum Gasteiger partial charge on any atom is -0.493 e. The van der Waals surface area contributed by atoms with Gasteiger partial charge in [-0.05, 0) is 30.9 Å². The standard InChI is InChI=1S/C18H22N2O4/c1-23-14-8-7-13(15(18(21)22)16(14)24-2)17-19-9-10-20(17)11-12-5-3-4-6-12/h7-10,12H,3-6,11H2,1-2H3,(H,21,22). The summed E-state index contributed by atoms with van der Waals surface area (Å²) in [6, 6.07) is 3.45. The van der Waals surface area contributed by atoms with Gasteiger partial charge in [-0.2, -0.15) is 0 Å². The second-order valence-electron chi connectivity index (χ2n) is 6.08. The van der Waals surface area contributed by atoms with E-state index in [1.807, 2.05) is 10.8 Å². The van der Waals surface area contributed by atoms with Crippen molar-refractivity contribution in [1.82, 2.24) is 9.55 Å². The third-order valence-electron chi connectivity index (χ3n) is 4.65. The monoisotopic (exact) mass is 330 g/mol. The van der Waals surface area contributed by atoms with E-state index in [9.17, 15) is 9.90 Å². The van der Waals surface area contributed by atoms with Crippen LogP contribution in [0.4, 0.5) is 0 Å². The Balaban J connectivity index is 2.06. The van der Waals surface area contributed by atoms with Crippen molar-refractivity contribution in [2.45, 2.75) is 32.2 Å². The molecule has 0 saturated heterocycles. The van der Waals surface area contributed by atoms with Gasteiger partial charge in [0.15, 0.2) is 11.5 Å². The van der Waals surface area contributed by atoms with E-state index in [-0.39, 0.29) is 11.3 Å². The summed E-state index contributed by atoms with van der Waals surface area (Å²) >= 11 is 0. The quantitative estimate of drug-likeness (QED) is 0.878. The van der Waals surface area contributed by atoms with Gasteiger partial charge in [-0.25, -0.2) is 9.78 Å².